The van der Waals surface area contributed by atoms with Gasteiger partial charge in [0.1, 0.15) is 12.4 Å². The molecule has 0 aliphatic rings. The molecule has 0 amide bonds. The molecule has 152 valence electrons. The van der Waals surface area contributed by atoms with E-state index in [-0.39, 0.29) is 17.8 Å². The number of carbonyl (C=O) groups is 1. The molecule has 1 N–H and O–H groups in total. The lowest BCUT2D eigenvalue weighted by atomic mass is 10.1. The number of aromatic amines is 1. The van der Waals surface area contributed by atoms with Crippen LogP contribution in [0.25, 0.3) is 0 Å². The number of pyridine rings is 1. The van der Waals surface area contributed by atoms with E-state index in [4.69, 9.17) is 37.4 Å². The molecular weight excluding hydrogens is 405 g/mol. The molecule has 0 fully saturated rings. The van der Waals surface area contributed by atoms with Crippen molar-refractivity contribution in [2.75, 3.05) is 6.61 Å². The first-order chi connectivity index (χ1) is 13.3. The van der Waals surface area contributed by atoms with Crippen LogP contribution in [0.1, 0.15) is 32.9 Å². The number of H-pyrrole nitrogens is 1. The first kappa shape index (κ1) is 22.1. The number of esters is 1. The average Bonchev–Trinajstić information content (AvgIpc) is 2.63. The largest absolute Gasteiger partial charge is 0.488 e. The molecule has 6 nitrogen and oxygen atoms in total. The minimum Gasteiger partial charge on any atom is -0.488 e. The highest BCUT2D eigenvalue weighted by Crippen LogP contribution is 2.28. The van der Waals surface area contributed by atoms with Gasteiger partial charge in [0.05, 0.1) is 17.3 Å². The molecule has 0 saturated carbocycles. The predicted molar refractivity (Wildman–Crippen MR) is 108 cm³/mol. The summed E-state index contributed by atoms with van der Waals surface area (Å²) < 4.78 is 16.1. The van der Waals surface area contributed by atoms with E-state index in [2.05, 4.69) is 18.8 Å². The van der Waals surface area contributed by atoms with Gasteiger partial charge in [0.25, 0.3) is 0 Å². The number of rotatable bonds is 9. The van der Waals surface area contributed by atoms with Gasteiger partial charge in [-0.15, -0.1) is 0 Å². The van der Waals surface area contributed by atoms with E-state index in [0.717, 1.165) is 6.42 Å². The first-order valence-electron chi connectivity index (χ1n) is 8.89. The van der Waals surface area contributed by atoms with Crippen molar-refractivity contribution in [2.45, 2.75) is 39.9 Å². The Morgan fingerprint density at radius 3 is 2.54 bits per heavy atom. The van der Waals surface area contributed by atoms with E-state index in [9.17, 15) is 9.59 Å². The third-order valence-corrected chi connectivity index (χ3v) is 4.32. The second kappa shape index (κ2) is 10.4. The summed E-state index contributed by atoms with van der Waals surface area (Å²) in [6, 6.07) is 6.05. The van der Waals surface area contributed by atoms with E-state index < -0.39 is 12.1 Å². The monoisotopic (exact) mass is 427 g/mol. The van der Waals surface area contributed by atoms with Gasteiger partial charge in [0, 0.05) is 17.3 Å². The Balaban J connectivity index is 1.87. The fraction of sp³-hybridized carbons (Fsp3) is 0.400. The summed E-state index contributed by atoms with van der Waals surface area (Å²) in [6.45, 7) is 6.08. The number of halogens is 2. The Kier molecular flexibility index (Phi) is 8.20. The summed E-state index contributed by atoms with van der Waals surface area (Å²) in [5, 5.41) is 0.762. The second-order valence-electron chi connectivity index (χ2n) is 6.66. The smallest absolute Gasteiger partial charge is 0.347 e. The van der Waals surface area contributed by atoms with Crippen LogP contribution in [0.15, 0.2) is 35.3 Å². The van der Waals surface area contributed by atoms with Crippen molar-refractivity contribution in [1.82, 2.24) is 4.98 Å². The SMILES string of the molecule is CC(C)CCOc1c[nH]c(COC(=O)C(C)Oc2ccc(Cl)cc2Cl)cc1=O. The molecule has 28 heavy (non-hydrogen) atoms. The van der Waals surface area contributed by atoms with Crippen molar-refractivity contribution < 1.29 is 19.0 Å². The maximum absolute atomic E-state index is 12.1. The van der Waals surface area contributed by atoms with E-state index >= 15 is 0 Å². The quantitative estimate of drug-likeness (QED) is 0.590. The van der Waals surface area contributed by atoms with Gasteiger partial charge < -0.3 is 19.2 Å². The van der Waals surface area contributed by atoms with Crippen LogP contribution in [-0.4, -0.2) is 23.7 Å². The fourth-order valence-electron chi connectivity index (χ4n) is 2.18. The number of nitrogens with one attached hydrogen (secondary N) is 1. The van der Waals surface area contributed by atoms with Gasteiger partial charge >= 0.3 is 5.97 Å². The Hall–Kier alpha value is -2.18. The number of carbonyl (C=O) groups excluding carboxylic acids is 1. The van der Waals surface area contributed by atoms with Crippen LogP contribution < -0.4 is 14.9 Å². The zero-order valence-electron chi connectivity index (χ0n) is 16.0. The lowest BCUT2D eigenvalue weighted by molar-refractivity contribution is -0.152. The molecule has 0 bridgehead atoms. The molecule has 1 aromatic heterocycles. The summed E-state index contributed by atoms with van der Waals surface area (Å²) in [5.74, 6) is 0.463. The lowest BCUT2D eigenvalue weighted by Gasteiger charge is -2.15. The minimum absolute atomic E-state index is 0.0948. The Morgan fingerprint density at radius 1 is 1.14 bits per heavy atom. The van der Waals surface area contributed by atoms with Crippen LogP contribution >= 0.6 is 23.2 Å². The summed E-state index contributed by atoms with van der Waals surface area (Å²) in [4.78, 5) is 27.1. The van der Waals surface area contributed by atoms with Crippen molar-refractivity contribution >= 4 is 29.2 Å². The van der Waals surface area contributed by atoms with Gasteiger partial charge in [-0.2, -0.15) is 0 Å². The fourth-order valence-corrected chi connectivity index (χ4v) is 2.63. The molecule has 0 saturated heterocycles. The summed E-state index contributed by atoms with van der Waals surface area (Å²) in [6.07, 6.45) is 1.44. The Bertz CT molecular complexity index is 866. The van der Waals surface area contributed by atoms with Crippen molar-refractivity contribution in [3.8, 4) is 11.5 Å². The molecule has 2 rings (SSSR count). The minimum atomic E-state index is -0.885. The van der Waals surface area contributed by atoms with Gasteiger partial charge in [-0.1, -0.05) is 37.0 Å². The standard InChI is InChI=1S/C20H23Cl2NO5/c1-12(2)6-7-26-19-10-23-15(9-17(19)24)11-27-20(25)13(3)28-18-5-4-14(21)8-16(18)22/h4-5,8-10,12-13H,6-7,11H2,1-3H3,(H,23,24). The van der Waals surface area contributed by atoms with Gasteiger partial charge in [-0.3, -0.25) is 4.79 Å². The first-order valence-corrected chi connectivity index (χ1v) is 9.64. The topological polar surface area (TPSA) is 77.6 Å². The Labute approximate surface area is 173 Å². The average molecular weight is 428 g/mol. The van der Waals surface area contributed by atoms with Crippen LogP contribution in [0, 0.1) is 5.92 Å². The van der Waals surface area contributed by atoms with E-state index in [1.165, 1.54) is 18.3 Å². The molecule has 0 spiro atoms. The molecule has 1 unspecified atom stereocenters. The van der Waals surface area contributed by atoms with Crippen molar-refractivity contribution in [3.05, 3.63) is 56.4 Å². The zero-order chi connectivity index (χ0) is 20.7. The van der Waals surface area contributed by atoms with Crippen molar-refractivity contribution in [1.29, 1.82) is 0 Å². The van der Waals surface area contributed by atoms with Crippen LogP contribution in [0.2, 0.25) is 10.0 Å². The predicted octanol–water partition coefficient (Wildman–Crippen LogP) is 4.62. The zero-order valence-corrected chi connectivity index (χ0v) is 17.5. The Morgan fingerprint density at radius 2 is 1.89 bits per heavy atom. The second-order valence-corrected chi connectivity index (χ2v) is 7.50. The molecule has 0 aliphatic carbocycles. The van der Waals surface area contributed by atoms with Gasteiger partial charge in [-0.05, 0) is 37.5 Å². The van der Waals surface area contributed by atoms with Gasteiger partial charge in [0.2, 0.25) is 5.43 Å². The normalized spacial score (nSPS) is 11.9. The molecule has 0 aliphatic heterocycles. The molecule has 1 aromatic carbocycles. The van der Waals surface area contributed by atoms with E-state index in [1.807, 2.05) is 0 Å². The molecule has 2 aromatic rings. The highest BCUT2D eigenvalue weighted by Gasteiger charge is 2.18. The van der Waals surface area contributed by atoms with Crippen LogP contribution in [0.3, 0.4) is 0 Å². The van der Waals surface area contributed by atoms with Crippen LogP contribution in [-0.2, 0) is 16.1 Å². The molecular formula is C20H23Cl2NO5. The third-order valence-electron chi connectivity index (χ3n) is 3.79. The van der Waals surface area contributed by atoms with Crippen molar-refractivity contribution in [2.24, 2.45) is 5.92 Å². The maximum atomic E-state index is 12.1. The molecule has 8 heteroatoms. The number of hydrogen-bond acceptors (Lipinski definition) is 5. The molecule has 0 radical (unpaired) electrons. The highest BCUT2D eigenvalue weighted by atomic mass is 35.5. The summed E-state index contributed by atoms with van der Waals surface area (Å²) in [5.41, 5.74) is 0.178. The van der Waals surface area contributed by atoms with Crippen molar-refractivity contribution in [3.63, 3.8) is 0 Å². The number of hydrogen-bond donors (Lipinski definition) is 1. The number of ether oxygens (including phenoxy) is 3. The number of benzene rings is 1. The van der Waals surface area contributed by atoms with Crippen LogP contribution in [0.5, 0.6) is 11.5 Å². The maximum Gasteiger partial charge on any atom is 0.347 e. The summed E-state index contributed by atoms with van der Waals surface area (Å²) >= 11 is 11.9. The highest BCUT2D eigenvalue weighted by molar-refractivity contribution is 6.35. The molecule has 1 heterocycles. The van der Waals surface area contributed by atoms with E-state index in [0.29, 0.717) is 34.0 Å². The van der Waals surface area contributed by atoms with Crippen LogP contribution in [0.4, 0.5) is 0 Å². The molecule has 1 atom stereocenters. The lowest BCUT2D eigenvalue weighted by Crippen LogP contribution is -2.26. The van der Waals surface area contributed by atoms with Gasteiger partial charge in [0.15, 0.2) is 11.9 Å². The summed E-state index contributed by atoms with van der Waals surface area (Å²) in [7, 11) is 0. The van der Waals surface area contributed by atoms with Gasteiger partial charge in [-0.25, -0.2) is 4.79 Å². The number of aromatic nitrogens is 1. The third kappa shape index (κ3) is 6.77. The van der Waals surface area contributed by atoms with E-state index in [1.54, 1.807) is 19.1 Å².